The molecule has 184 valence electrons. The van der Waals surface area contributed by atoms with Crippen LogP contribution < -0.4 is 4.72 Å². The molecule has 1 fully saturated rings. The van der Waals surface area contributed by atoms with Gasteiger partial charge in [-0.05, 0) is 38.8 Å². The topological polar surface area (TPSA) is 139 Å². The number of hydrogen-bond donors (Lipinski definition) is 1. The van der Waals surface area contributed by atoms with Crippen molar-refractivity contribution in [3.05, 3.63) is 58.8 Å². The summed E-state index contributed by atoms with van der Waals surface area (Å²) in [5, 5.41) is 6.40. The van der Waals surface area contributed by atoms with Crippen molar-refractivity contribution < 1.29 is 36.0 Å². The Bertz CT molecular complexity index is 1420. The van der Waals surface area contributed by atoms with E-state index in [1.165, 1.54) is 22.8 Å². The molecule has 13 heteroatoms. The Kier molecular flexibility index (Phi) is 5.55. The van der Waals surface area contributed by atoms with Crippen LogP contribution in [0.4, 0.5) is 9.18 Å². The molecule has 2 aromatic rings. The summed E-state index contributed by atoms with van der Waals surface area (Å²) in [5.74, 6) is -0.00399. The Balaban J connectivity index is 1.53. The van der Waals surface area contributed by atoms with E-state index in [9.17, 15) is 22.4 Å². The summed E-state index contributed by atoms with van der Waals surface area (Å²) < 4.78 is 53.4. The minimum Gasteiger partial charge on any atom is -0.357 e. The van der Waals surface area contributed by atoms with Gasteiger partial charge in [0.15, 0.2) is 24.6 Å². The highest BCUT2D eigenvalue weighted by Crippen LogP contribution is 2.37. The lowest BCUT2D eigenvalue weighted by Gasteiger charge is -2.26. The monoisotopic (exact) mass is 504 g/mol. The van der Waals surface area contributed by atoms with Crippen LogP contribution in [0.2, 0.25) is 0 Å². The summed E-state index contributed by atoms with van der Waals surface area (Å²) >= 11 is 0. The fraction of sp³-hybridized carbons (Fsp3) is 0.409. The van der Waals surface area contributed by atoms with Crippen LogP contribution in [0.25, 0.3) is 0 Å². The highest BCUT2D eigenvalue weighted by atomic mass is 32.2. The highest BCUT2D eigenvalue weighted by molar-refractivity contribution is 7.90. The van der Waals surface area contributed by atoms with E-state index in [4.69, 9.17) is 9.05 Å². The molecule has 1 saturated carbocycles. The molecule has 1 atom stereocenters. The molecule has 1 N–H and O–H groups in total. The van der Waals surface area contributed by atoms with Crippen LogP contribution in [0.15, 0.2) is 45.0 Å². The van der Waals surface area contributed by atoms with E-state index >= 15 is 0 Å². The summed E-state index contributed by atoms with van der Waals surface area (Å²) in [6.07, 6.45) is 4.88. The normalized spacial score (nSPS) is 21.4. The zero-order valence-electron chi connectivity index (χ0n) is 19.0. The number of fused-ring (bicyclic) bond motifs is 1. The molecule has 0 bridgehead atoms. The van der Waals surface area contributed by atoms with Gasteiger partial charge in [-0.1, -0.05) is 16.4 Å². The van der Waals surface area contributed by atoms with E-state index in [-0.39, 0.29) is 24.4 Å². The number of halogens is 1. The lowest BCUT2D eigenvalue weighted by Crippen LogP contribution is -2.51. The van der Waals surface area contributed by atoms with E-state index < -0.39 is 39.4 Å². The van der Waals surface area contributed by atoms with E-state index in [0.717, 1.165) is 4.90 Å². The van der Waals surface area contributed by atoms with Gasteiger partial charge < -0.3 is 9.05 Å². The molecule has 35 heavy (non-hydrogen) atoms. The Hall–Kier alpha value is -3.45. The van der Waals surface area contributed by atoms with Gasteiger partial charge in [0.2, 0.25) is 10.0 Å². The van der Waals surface area contributed by atoms with E-state index in [2.05, 4.69) is 15.0 Å². The molecule has 11 nitrogen and oxygen atoms in total. The zero-order chi connectivity index (χ0) is 25.0. The third-order valence-corrected chi connectivity index (χ3v) is 7.81. The van der Waals surface area contributed by atoms with Crippen molar-refractivity contribution in [2.24, 2.45) is 0 Å². The fourth-order valence-corrected chi connectivity index (χ4v) is 5.64. The van der Waals surface area contributed by atoms with Gasteiger partial charge in [0.25, 0.3) is 0 Å². The maximum absolute atomic E-state index is 13.4. The van der Waals surface area contributed by atoms with E-state index in [0.29, 0.717) is 35.7 Å². The van der Waals surface area contributed by atoms with Gasteiger partial charge in [0.05, 0.1) is 16.9 Å². The number of amides is 3. The molecule has 1 unspecified atom stereocenters. The van der Waals surface area contributed by atoms with Crippen LogP contribution in [0.3, 0.4) is 0 Å². The zero-order valence-corrected chi connectivity index (χ0v) is 19.8. The average Bonchev–Trinajstić information content (AvgIpc) is 3.26. The van der Waals surface area contributed by atoms with E-state index in [1.54, 1.807) is 26.0 Å². The number of imide groups is 1. The number of carbonyl (C=O) groups is 2. The molecule has 0 radical (unpaired) electrons. The molecule has 1 aliphatic heterocycles. The average molecular weight is 505 g/mol. The second kappa shape index (κ2) is 8.34. The van der Waals surface area contributed by atoms with Gasteiger partial charge in [0, 0.05) is 12.1 Å². The van der Waals surface area contributed by atoms with Crippen molar-refractivity contribution in [1.82, 2.24) is 19.9 Å². The predicted molar refractivity (Wildman–Crippen MR) is 118 cm³/mol. The number of sulfonamides is 1. The predicted octanol–water partition coefficient (Wildman–Crippen LogP) is 1.68. The molecule has 3 aliphatic rings. The SMILES string of the molecule is Cc1cc(CN2C(=O)C3=CC(S(=O)(=O)NC4(CF)CC4)C=CC3=[N+](Cc3cc(C)no3)C2=O)on1. The quantitative estimate of drug-likeness (QED) is 0.536. The standard InChI is InChI=1S/C22H23FN5O6S/c1-13-7-15(33-24-13)10-27-19-4-3-17(35(31,32)26-22(12-23)5-6-22)9-18(19)20(29)28(21(27)30)11-16-8-14(2)25-34-16/h3-4,7-9,17,26H,5-6,10-12H2,1-2H3/q+1. The molecule has 0 saturated heterocycles. The lowest BCUT2D eigenvalue weighted by atomic mass is 9.99. The number of hydrogen-bond acceptors (Lipinski definition) is 8. The molecule has 3 heterocycles. The second-order valence-electron chi connectivity index (χ2n) is 8.98. The Morgan fingerprint density at radius 2 is 1.83 bits per heavy atom. The van der Waals surface area contributed by atoms with Crippen LogP contribution in [-0.2, 0) is 27.9 Å². The number of aryl methyl sites for hydroxylation is 2. The van der Waals surface area contributed by atoms with Crippen molar-refractivity contribution in [2.75, 3.05) is 6.67 Å². The molecule has 2 aliphatic carbocycles. The van der Waals surface area contributed by atoms with Gasteiger partial charge in [-0.25, -0.2) is 22.3 Å². The van der Waals surface area contributed by atoms with Gasteiger partial charge in [-0.15, -0.1) is 4.90 Å². The summed E-state index contributed by atoms with van der Waals surface area (Å²) in [7, 11) is -4.02. The highest BCUT2D eigenvalue weighted by Gasteiger charge is 2.50. The van der Waals surface area contributed by atoms with Crippen molar-refractivity contribution >= 4 is 27.7 Å². The molecular formula is C22H23FN5O6S+. The number of nitrogens with one attached hydrogen (secondary N) is 1. The first kappa shape index (κ1) is 23.3. The van der Waals surface area contributed by atoms with Gasteiger partial charge in [-0.2, -0.15) is 9.37 Å². The van der Waals surface area contributed by atoms with Crippen LogP contribution in [0.1, 0.15) is 35.7 Å². The number of allylic oxidation sites excluding steroid dienone is 1. The Labute approximate surface area is 200 Å². The first-order valence-corrected chi connectivity index (χ1v) is 12.5. The largest absolute Gasteiger partial charge is 0.502 e. The summed E-state index contributed by atoms with van der Waals surface area (Å²) in [4.78, 5) is 27.7. The van der Waals surface area contributed by atoms with Crippen LogP contribution in [0, 0.1) is 13.8 Å². The van der Waals surface area contributed by atoms with Crippen molar-refractivity contribution in [1.29, 1.82) is 0 Å². The lowest BCUT2D eigenvalue weighted by molar-refractivity contribution is -0.456. The Morgan fingerprint density at radius 3 is 2.40 bits per heavy atom. The minimum absolute atomic E-state index is 0.0278. The smallest absolute Gasteiger partial charge is 0.357 e. The van der Waals surface area contributed by atoms with Crippen molar-refractivity contribution in [2.45, 2.75) is 50.6 Å². The molecule has 3 amide bonds. The third kappa shape index (κ3) is 4.36. The molecular weight excluding hydrogens is 481 g/mol. The van der Waals surface area contributed by atoms with Gasteiger partial charge in [-0.3, -0.25) is 0 Å². The number of nitrogens with zero attached hydrogens (tertiary/aromatic N) is 4. The first-order chi connectivity index (χ1) is 16.6. The van der Waals surface area contributed by atoms with Crippen molar-refractivity contribution in [3.8, 4) is 0 Å². The summed E-state index contributed by atoms with van der Waals surface area (Å²) in [6, 6.07) is 2.62. The summed E-state index contributed by atoms with van der Waals surface area (Å²) in [6.45, 7) is 2.41. The second-order valence-corrected chi connectivity index (χ2v) is 10.8. The van der Waals surface area contributed by atoms with Crippen molar-refractivity contribution in [3.63, 3.8) is 0 Å². The molecule has 2 aromatic heterocycles. The Morgan fingerprint density at radius 1 is 1.17 bits per heavy atom. The third-order valence-electron chi connectivity index (χ3n) is 6.09. The van der Waals surface area contributed by atoms with Crippen LogP contribution in [0.5, 0.6) is 0 Å². The number of aromatic nitrogens is 2. The molecule has 5 rings (SSSR count). The van der Waals surface area contributed by atoms with Gasteiger partial charge >= 0.3 is 11.9 Å². The number of alkyl halides is 1. The summed E-state index contributed by atoms with van der Waals surface area (Å²) in [5.41, 5.74) is 0.386. The number of rotatable bonds is 8. The van der Waals surface area contributed by atoms with Gasteiger partial charge in [0.1, 0.15) is 23.2 Å². The number of carbonyl (C=O) groups excluding carboxylic acids is 2. The maximum atomic E-state index is 13.4. The maximum Gasteiger partial charge on any atom is 0.502 e. The number of urea groups is 1. The van der Waals surface area contributed by atoms with E-state index in [1.807, 2.05) is 0 Å². The minimum atomic E-state index is -4.02. The van der Waals surface area contributed by atoms with Crippen LogP contribution in [-0.4, -0.2) is 63.3 Å². The fourth-order valence-electron chi connectivity index (χ4n) is 4.04. The van der Waals surface area contributed by atoms with Crippen LogP contribution >= 0.6 is 0 Å². The molecule has 0 spiro atoms. The molecule has 0 aromatic carbocycles. The first-order valence-electron chi connectivity index (χ1n) is 10.9.